The van der Waals surface area contributed by atoms with Crippen LogP contribution in [-0.2, 0) is 45.4 Å². The van der Waals surface area contributed by atoms with Gasteiger partial charge in [-0.05, 0) is 70.5 Å². The fourth-order valence-electron chi connectivity index (χ4n) is 8.48. The summed E-state index contributed by atoms with van der Waals surface area (Å²) in [6.45, 7) is 8.16. The van der Waals surface area contributed by atoms with E-state index in [0.717, 1.165) is 16.7 Å². The van der Waals surface area contributed by atoms with Gasteiger partial charge in [-0.15, -0.1) is 11.8 Å². The summed E-state index contributed by atoms with van der Waals surface area (Å²) < 4.78 is 18.4. The number of allylic oxidation sites excluding steroid dienone is 2. The smallest absolute Gasteiger partial charge is 0.335 e. The lowest BCUT2D eigenvalue weighted by Gasteiger charge is -2.20. The Morgan fingerprint density at radius 2 is 1.38 bits per heavy atom. The van der Waals surface area contributed by atoms with E-state index >= 15 is 0 Å². The Morgan fingerprint density at radius 1 is 0.842 bits per heavy atom. The Labute approximate surface area is 438 Å². The molecule has 5 heterocycles. The van der Waals surface area contributed by atoms with Crippen LogP contribution in [0.5, 0.6) is 11.5 Å². The normalized spacial score (nSPS) is 14.0. The summed E-state index contributed by atoms with van der Waals surface area (Å²) in [5.74, 6) is -5.12. The number of aromatic nitrogens is 8. The summed E-state index contributed by atoms with van der Waals surface area (Å²) in [4.78, 5) is 114. The second-order valence-electron chi connectivity index (χ2n) is 17.6. The molecule has 7 rings (SSSR count). The number of primary amides is 1. The van der Waals surface area contributed by atoms with Crippen molar-refractivity contribution in [3.63, 3.8) is 0 Å². The highest BCUT2D eigenvalue weighted by molar-refractivity contribution is 8.00. The first-order valence-electron chi connectivity index (χ1n) is 24.1. The summed E-state index contributed by atoms with van der Waals surface area (Å²) in [7, 11) is 2.95. The number of aryl methyl sites for hydroxylation is 4. The molecule has 1 aliphatic rings. The Morgan fingerprint density at radius 3 is 1.89 bits per heavy atom. The number of carboxylic acids is 2. The Bertz CT molecular complexity index is 3300. The number of rotatable bonds is 25. The predicted octanol–water partition coefficient (Wildman–Crippen LogP) is 2.89. The van der Waals surface area contributed by atoms with Crippen LogP contribution in [-0.4, -0.2) is 157 Å². The molecular formula is C49H58N14O12S. The van der Waals surface area contributed by atoms with Gasteiger partial charge < -0.3 is 45.2 Å². The number of carbonyl (C=O) groups is 8. The molecule has 2 atom stereocenters. The molecule has 6 aromatic rings. The lowest BCUT2D eigenvalue weighted by molar-refractivity contribution is -0.140. The number of benzene rings is 2. The number of nitrogens with two attached hydrogens (primary N) is 2. The number of methoxy groups -OCH3 is 1. The van der Waals surface area contributed by atoms with Crippen LogP contribution >= 0.6 is 11.8 Å². The standard InChI is InChI=1S/C49H58N14O12S/c1-7-62-33(18-26(3)56-62)43(67)54-48-53-32-21-29(46(70)71)23-35(74-6)40(32)60(48)14-9-10-15-61-41-31(52-49(61)55-44(68)34-19-27(4)57-63(34)8-2)20-28(42(51)66)22-36(41)75-17-11-13-58(5)38(64)12-16-59-39(65)24-37(45(59)69)76-25-30(50)47(72)73/h9-10,18-23,30,37H,7-8,11-17,24-25,50H2,1-6H3,(H2,51,66)(H,70,71)(H,72,73)(H,52,55,68)(H,53,54,67)/b10-9+. The third-order valence-corrected chi connectivity index (χ3v) is 13.6. The highest BCUT2D eigenvalue weighted by atomic mass is 32.2. The molecule has 27 heteroatoms. The molecule has 1 fully saturated rings. The van der Waals surface area contributed by atoms with Crippen LogP contribution in [0.1, 0.15) is 86.2 Å². The van der Waals surface area contributed by atoms with Gasteiger partial charge in [-0.1, -0.05) is 12.2 Å². The number of imide groups is 1. The SMILES string of the molecule is CCn1nc(C)cc1C(=O)Nc1nc2cc(C(=O)O)cc(OC)c2n1C/C=C/Cn1c(NC(=O)c2cc(C)nn2CC)nc2cc(C(N)=O)cc(OCCCN(C)C(=O)CCN3C(=O)CC(SCC(N)C(=O)O)C3=O)c21. The van der Waals surface area contributed by atoms with Crippen molar-refractivity contribution in [2.75, 3.05) is 50.2 Å². The van der Waals surface area contributed by atoms with Gasteiger partial charge in [-0.3, -0.25) is 58.5 Å². The number of fused-ring (bicyclic) bond motifs is 2. The minimum Gasteiger partial charge on any atom is -0.494 e. The molecule has 1 saturated heterocycles. The fraction of sp³-hybridized carbons (Fsp3) is 0.388. The van der Waals surface area contributed by atoms with E-state index in [1.807, 2.05) is 13.8 Å². The molecular weight excluding hydrogens is 1010 g/mol. The Balaban J connectivity index is 1.14. The van der Waals surface area contributed by atoms with Crippen LogP contribution in [0.4, 0.5) is 11.9 Å². The molecule has 1 aliphatic heterocycles. The van der Waals surface area contributed by atoms with Crippen LogP contribution in [0.15, 0.2) is 48.6 Å². The van der Waals surface area contributed by atoms with Crippen molar-refractivity contribution >= 4 is 93.1 Å². The molecule has 0 saturated carbocycles. The predicted molar refractivity (Wildman–Crippen MR) is 277 cm³/mol. The molecule has 0 bridgehead atoms. The van der Waals surface area contributed by atoms with Gasteiger partial charge in [0.15, 0.2) is 0 Å². The Kier molecular flexibility index (Phi) is 17.2. The van der Waals surface area contributed by atoms with E-state index in [2.05, 4.69) is 25.8 Å². The van der Waals surface area contributed by atoms with E-state index in [1.165, 1.54) is 36.3 Å². The summed E-state index contributed by atoms with van der Waals surface area (Å²) in [5, 5.41) is 32.7. The van der Waals surface area contributed by atoms with E-state index in [-0.39, 0.29) is 121 Å². The number of hydrogen-bond donors (Lipinski definition) is 6. The number of amides is 6. The van der Waals surface area contributed by atoms with Crippen LogP contribution in [0.2, 0.25) is 0 Å². The molecule has 26 nitrogen and oxygen atoms in total. The highest BCUT2D eigenvalue weighted by Crippen LogP contribution is 2.34. The molecule has 0 radical (unpaired) electrons. The van der Waals surface area contributed by atoms with Crippen molar-refractivity contribution in [3.05, 3.63) is 82.5 Å². The molecule has 0 spiro atoms. The monoisotopic (exact) mass is 1070 g/mol. The number of imidazole rings is 2. The molecule has 6 amide bonds. The number of likely N-dealkylation sites (tertiary alicyclic amines) is 1. The van der Waals surface area contributed by atoms with Crippen LogP contribution in [0.25, 0.3) is 22.1 Å². The quantitative estimate of drug-likeness (QED) is 0.0273. The second kappa shape index (κ2) is 23.7. The first kappa shape index (κ1) is 55.2. The van der Waals surface area contributed by atoms with E-state index in [0.29, 0.717) is 35.5 Å². The number of hydrogen-bond acceptors (Lipinski definition) is 16. The second-order valence-corrected chi connectivity index (χ2v) is 18.9. The number of thioether (sulfide) groups is 1. The zero-order valence-corrected chi connectivity index (χ0v) is 43.4. The number of nitrogens with one attached hydrogen (secondary N) is 2. The third-order valence-electron chi connectivity index (χ3n) is 12.3. The zero-order chi connectivity index (χ0) is 55.1. The minimum atomic E-state index is -1.22. The van der Waals surface area contributed by atoms with Gasteiger partial charge in [0.05, 0.1) is 47.0 Å². The van der Waals surface area contributed by atoms with Gasteiger partial charge >= 0.3 is 11.9 Å². The van der Waals surface area contributed by atoms with Crippen molar-refractivity contribution in [1.29, 1.82) is 0 Å². The number of aliphatic carboxylic acids is 1. The molecule has 2 aromatic carbocycles. The van der Waals surface area contributed by atoms with Crippen molar-refractivity contribution in [1.82, 2.24) is 48.5 Å². The number of nitrogens with zero attached hydrogens (tertiary/aromatic N) is 10. The summed E-state index contributed by atoms with van der Waals surface area (Å²) in [6, 6.07) is 7.71. The van der Waals surface area contributed by atoms with Gasteiger partial charge in [0.1, 0.15) is 40.0 Å². The molecule has 2 unspecified atom stereocenters. The number of anilines is 2. The van der Waals surface area contributed by atoms with Gasteiger partial charge in [0, 0.05) is 70.5 Å². The molecule has 4 aromatic heterocycles. The Hall–Kier alpha value is -8.59. The third kappa shape index (κ3) is 12.2. The summed E-state index contributed by atoms with van der Waals surface area (Å²) >= 11 is 0.989. The van der Waals surface area contributed by atoms with Crippen LogP contribution in [0, 0.1) is 13.8 Å². The zero-order valence-electron chi connectivity index (χ0n) is 42.6. The maximum absolute atomic E-state index is 13.9. The van der Waals surface area contributed by atoms with Gasteiger partial charge in [0.25, 0.3) is 11.8 Å². The van der Waals surface area contributed by atoms with E-state index < -0.39 is 52.8 Å². The maximum Gasteiger partial charge on any atom is 0.335 e. The van der Waals surface area contributed by atoms with E-state index in [4.69, 9.17) is 31.0 Å². The van der Waals surface area contributed by atoms with Gasteiger partial charge in [0.2, 0.25) is 35.5 Å². The first-order valence-corrected chi connectivity index (χ1v) is 25.1. The van der Waals surface area contributed by atoms with Crippen LogP contribution < -0.4 is 31.6 Å². The molecule has 76 heavy (non-hydrogen) atoms. The number of carboxylic acid groups (broad SMARTS) is 2. The number of carbonyl (C=O) groups excluding carboxylic acids is 6. The van der Waals surface area contributed by atoms with Gasteiger partial charge in [-0.2, -0.15) is 10.2 Å². The average molecular weight is 1070 g/mol. The maximum atomic E-state index is 13.9. The first-order chi connectivity index (χ1) is 36.2. The highest BCUT2D eigenvalue weighted by Gasteiger charge is 2.39. The average Bonchev–Trinajstić information content (AvgIpc) is 4.20. The van der Waals surface area contributed by atoms with Crippen molar-refractivity contribution in [2.24, 2.45) is 11.5 Å². The molecule has 8 N–H and O–H groups in total. The fourth-order valence-corrected chi connectivity index (χ4v) is 9.60. The van der Waals surface area contributed by atoms with Crippen molar-refractivity contribution in [2.45, 2.75) is 84.4 Å². The lowest BCUT2D eigenvalue weighted by Crippen LogP contribution is -2.37. The molecule has 402 valence electrons. The summed E-state index contributed by atoms with van der Waals surface area (Å²) in [6.07, 6.45) is 3.51. The summed E-state index contributed by atoms with van der Waals surface area (Å²) in [5.41, 5.74) is 14.3. The van der Waals surface area contributed by atoms with Crippen LogP contribution in [0.3, 0.4) is 0 Å². The minimum absolute atomic E-state index is 0.0132. The largest absolute Gasteiger partial charge is 0.494 e. The topological polar surface area (TPSA) is 349 Å². The van der Waals surface area contributed by atoms with Crippen molar-refractivity contribution in [3.8, 4) is 11.5 Å². The number of aromatic carboxylic acids is 1. The van der Waals surface area contributed by atoms with Crippen molar-refractivity contribution < 1.29 is 58.0 Å². The van der Waals surface area contributed by atoms with Gasteiger partial charge in [-0.25, -0.2) is 14.8 Å². The number of ether oxygens (including phenoxy) is 2. The van der Waals surface area contributed by atoms with E-state index in [9.17, 15) is 43.5 Å². The molecule has 0 aliphatic carbocycles. The lowest BCUT2D eigenvalue weighted by atomic mass is 10.1. The van der Waals surface area contributed by atoms with E-state index in [1.54, 1.807) is 63.7 Å².